The van der Waals surface area contributed by atoms with E-state index in [2.05, 4.69) is 21.2 Å². The van der Waals surface area contributed by atoms with Crippen LogP contribution in [-0.4, -0.2) is 5.91 Å². The molecule has 0 atom stereocenters. The van der Waals surface area contributed by atoms with E-state index >= 15 is 0 Å². The van der Waals surface area contributed by atoms with Crippen LogP contribution < -0.4 is 5.32 Å². The molecule has 0 aliphatic rings. The van der Waals surface area contributed by atoms with Crippen molar-refractivity contribution < 1.29 is 4.79 Å². The molecular formula is C16H13BrN2O. The fourth-order valence-corrected chi connectivity index (χ4v) is 2.73. The standard InChI is InChI=1S/C16H13BrN2O/c1-10-7-11(2)15(14(17)8-10)19-16(20)13-5-3-12(9-18)4-6-13/h3-8H,1-2H3,(H,19,20). The van der Waals surface area contributed by atoms with Gasteiger partial charge in [0, 0.05) is 10.0 Å². The Balaban J connectivity index is 2.26. The summed E-state index contributed by atoms with van der Waals surface area (Å²) in [5.74, 6) is -0.192. The highest BCUT2D eigenvalue weighted by Crippen LogP contribution is 2.28. The molecule has 0 fully saturated rings. The SMILES string of the molecule is Cc1cc(C)c(NC(=O)c2ccc(C#N)cc2)c(Br)c1. The lowest BCUT2D eigenvalue weighted by molar-refractivity contribution is 0.102. The lowest BCUT2D eigenvalue weighted by Crippen LogP contribution is -2.13. The minimum absolute atomic E-state index is 0.192. The molecule has 0 aliphatic heterocycles. The highest BCUT2D eigenvalue weighted by molar-refractivity contribution is 9.10. The van der Waals surface area contributed by atoms with Gasteiger partial charge >= 0.3 is 0 Å². The maximum atomic E-state index is 12.2. The lowest BCUT2D eigenvalue weighted by atomic mass is 10.1. The van der Waals surface area contributed by atoms with Crippen LogP contribution in [0, 0.1) is 25.2 Å². The minimum Gasteiger partial charge on any atom is -0.321 e. The van der Waals surface area contributed by atoms with Crippen LogP contribution in [0.25, 0.3) is 0 Å². The first-order valence-corrected chi connectivity index (χ1v) is 6.89. The predicted molar refractivity (Wildman–Crippen MR) is 82.7 cm³/mol. The number of carbonyl (C=O) groups is 1. The third kappa shape index (κ3) is 3.06. The average molecular weight is 329 g/mol. The molecule has 4 heteroatoms. The van der Waals surface area contributed by atoms with Crippen LogP contribution >= 0.6 is 15.9 Å². The number of carbonyl (C=O) groups excluding carboxylic acids is 1. The number of nitriles is 1. The number of amides is 1. The van der Waals surface area contributed by atoms with E-state index in [9.17, 15) is 4.79 Å². The topological polar surface area (TPSA) is 52.9 Å². The second-order valence-corrected chi connectivity index (χ2v) is 5.44. The van der Waals surface area contributed by atoms with E-state index in [-0.39, 0.29) is 5.91 Å². The van der Waals surface area contributed by atoms with Crippen LogP contribution in [-0.2, 0) is 0 Å². The fourth-order valence-electron chi connectivity index (χ4n) is 1.96. The van der Waals surface area contributed by atoms with E-state index in [0.29, 0.717) is 11.1 Å². The van der Waals surface area contributed by atoms with Crippen molar-refractivity contribution in [3.8, 4) is 6.07 Å². The van der Waals surface area contributed by atoms with E-state index in [1.54, 1.807) is 24.3 Å². The summed E-state index contributed by atoms with van der Waals surface area (Å²) >= 11 is 3.46. The summed E-state index contributed by atoms with van der Waals surface area (Å²) in [6.07, 6.45) is 0. The van der Waals surface area contributed by atoms with E-state index in [0.717, 1.165) is 21.3 Å². The van der Waals surface area contributed by atoms with Crippen molar-refractivity contribution in [3.05, 3.63) is 63.1 Å². The van der Waals surface area contributed by atoms with Crippen LogP contribution in [0.5, 0.6) is 0 Å². The van der Waals surface area contributed by atoms with E-state index in [1.807, 2.05) is 32.0 Å². The van der Waals surface area contributed by atoms with Crippen molar-refractivity contribution in [2.75, 3.05) is 5.32 Å². The zero-order chi connectivity index (χ0) is 14.7. The normalized spacial score (nSPS) is 9.90. The maximum absolute atomic E-state index is 12.2. The van der Waals surface area contributed by atoms with Gasteiger partial charge in [0.15, 0.2) is 0 Å². The number of nitrogens with one attached hydrogen (secondary N) is 1. The molecule has 20 heavy (non-hydrogen) atoms. The van der Waals surface area contributed by atoms with Crippen molar-refractivity contribution in [1.82, 2.24) is 0 Å². The van der Waals surface area contributed by atoms with Crippen molar-refractivity contribution in [2.24, 2.45) is 0 Å². The van der Waals surface area contributed by atoms with E-state index in [1.165, 1.54) is 0 Å². The van der Waals surface area contributed by atoms with Gasteiger partial charge in [-0.3, -0.25) is 4.79 Å². The van der Waals surface area contributed by atoms with E-state index < -0.39 is 0 Å². The van der Waals surface area contributed by atoms with Crippen LogP contribution in [0.4, 0.5) is 5.69 Å². The Morgan fingerprint density at radius 3 is 2.40 bits per heavy atom. The molecule has 1 amide bonds. The molecule has 2 aromatic rings. The van der Waals surface area contributed by atoms with Crippen molar-refractivity contribution in [2.45, 2.75) is 13.8 Å². The smallest absolute Gasteiger partial charge is 0.255 e. The molecule has 0 spiro atoms. The minimum atomic E-state index is -0.192. The molecule has 0 saturated heterocycles. The molecular weight excluding hydrogens is 316 g/mol. The fraction of sp³-hybridized carbons (Fsp3) is 0.125. The summed E-state index contributed by atoms with van der Waals surface area (Å²) < 4.78 is 0.858. The first-order valence-electron chi connectivity index (χ1n) is 6.09. The quantitative estimate of drug-likeness (QED) is 0.898. The van der Waals surface area contributed by atoms with Gasteiger partial charge in [0.25, 0.3) is 5.91 Å². The number of aryl methyl sites for hydroxylation is 2. The molecule has 0 aromatic heterocycles. The molecule has 3 nitrogen and oxygen atoms in total. The summed E-state index contributed by atoms with van der Waals surface area (Å²) in [5, 5.41) is 11.6. The first kappa shape index (κ1) is 14.3. The Kier molecular flexibility index (Phi) is 4.21. The number of rotatable bonds is 2. The Morgan fingerprint density at radius 2 is 1.85 bits per heavy atom. The Hall–Kier alpha value is -2.12. The predicted octanol–water partition coefficient (Wildman–Crippen LogP) is 4.19. The van der Waals surface area contributed by atoms with Gasteiger partial charge in [-0.2, -0.15) is 5.26 Å². The van der Waals surface area contributed by atoms with Crippen LogP contribution in [0.1, 0.15) is 27.0 Å². The van der Waals surface area contributed by atoms with Crippen molar-refractivity contribution in [1.29, 1.82) is 5.26 Å². The Morgan fingerprint density at radius 1 is 1.20 bits per heavy atom. The third-order valence-corrected chi connectivity index (χ3v) is 3.57. The van der Waals surface area contributed by atoms with Gasteiger partial charge in [-0.05, 0) is 71.2 Å². The second-order valence-electron chi connectivity index (χ2n) is 4.58. The lowest BCUT2D eigenvalue weighted by Gasteiger charge is -2.11. The van der Waals surface area contributed by atoms with Crippen molar-refractivity contribution in [3.63, 3.8) is 0 Å². The van der Waals surface area contributed by atoms with Crippen LogP contribution in [0.3, 0.4) is 0 Å². The summed E-state index contributed by atoms with van der Waals surface area (Å²) in [6.45, 7) is 3.95. The number of hydrogen-bond donors (Lipinski definition) is 1. The molecule has 1 N–H and O–H groups in total. The number of benzene rings is 2. The number of halogens is 1. The summed E-state index contributed by atoms with van der Waals surface area (Å²) in [5.41, 5.74) is 3.96. The van der Waals surface area contributed by atoms with Gasteiger partial charge in [-0.15, -0.1) is 0 Å². The van der Waals surface area contributed by atoms with Crippen LogP contribution in [0.2, 0.25) is 0 Å². The summed E-state index contributed by atoms with van der Waals surface area (Å²) in [4.78, 5) is 12.2. The zero-order valence-corrected chi connectivity index (χ0v) is 12.8. The average Bonchev–Trinajstić information content (AvgIpc) is 2.42. The maximum Gasteiger partial charge on any atom is 0.255 e. The summed E-state index contributed by atoms with van der Waals surface area (Å²) in [7, 11) is 0. The van der Waals surface area contributed by atoms with Gasteiger partial charge in [-0.25, -0.2) is 0 Å². The van der Waals surface area contributed by atoms with Gasteiger partial charge in [0.2, 0.25) is 0 Å². The molecule has 2 rings (SSSR count). The van der Waals surface area contributed by atoms with Gasteiger partial charge in [-0.1, -0.05) is 6.07 Å². The second kappa shape index (κ2) is 5.89. The first-order chi connectivity index (χ1) is 9.51. The molecule has 0 heterocycles. The Labute approximate surface area is 126 Å². The molecule has 0 saturated carbocycles. The third-order valence-electron chi connectivity index (χ3n) is 2.95. The summed E-state index contributed by atoms with van der Waals surface area (Å²) in [6, 6.07) is 12.6. The van der Waals surface area contributed by atoms with Crippen molar-refractivity contribution >= 4 is 27.5 Å². The molecule has 0 bridgehead atoms. The molecule has 100 valence electrons. The monoisotopic (exact) mass is 328 g/mol. The highest BCUT2D eigenvalue weighted by atomic mass is 79.9. The molecule has 2 aromatic carbocycles. The molecule has 0 radical (unpaired) electrons. The Bertz CT molecular complexity index is 676. The van der Waals surface area contributed by atoms with Crippen LogP contribution in [0.15, 0.2) is 40.9 Å². The number of hydrogen-bond acceptors (Lipinski definition) is 2. The largest absolute Gasteiger partial charge is 0.321 e. The number of anilines is 1. The zero-order valence-electron chi connectivity index (χ0n) is 11.2. The van der Waals surface area contributed by atoms with Gasteiger partial charge in [0.05, 0.1) is 17.3 Å². The van der Waals surface area contributed by atoms with Gasteiger partial charge in [0.1, 0.15) is 0 Å². The van der Waals surface area contributed by atoms with Gasteiger partial charge < -0.3 is 5.32 Å². The molecule has 0 aliphatic carbocycles. The molecule has 0 unspecified atom stereocenters. The highest BCUT2D eigenvalue weighted by Gasteiger charge is 2.11. The number of nitrogens with zero attached hydrogens (tertiary/aromatic N) is 1. The van der Waals surface area contributed by atoms with E-state index in [4.69, 9.17) is 5.26 Å².